The Balaban J connectivity index is 1.73. The molecule has 2 amide bonds. The number of anilines is 1. The monoisotopic (exact) mass is 510 g/mol. The molecule has 0 fully saturated rings. The number of hydrogen-bond acceptors (Lipinski definition) is 8. The molecule has 0 unspecified atom stereocenters. The van der Waals surface area contributed by atoms with E-state index in [1.54, 1.807) is 10.8 Å². The van der Waals surface area contributed by atoms with Crippen LogP contribution in [0.1, 0.15) is 15.9 Å². The van der Waals surface area contributed by atoms with Gasteiger partial charge in [-0.3, -0.25) is 19.3 Å². The molecule has 0 radical (unpaired) electrons. The second-order valence-electron chi connectivity index (χ2n) is 6.78. The third-order valence-corrected chi connectivity index (χ3v) is 8.69. The molecule has 33 heavy (non-hydrogen) atoms. The van der Waals surface area contributed by atoms with Crippen LogP contribution in [0.5, 0.6) is 0 Å². The standard InChI is InChI=1S/C19H15FN4O6S3/c20-18-12(5-6-15(25)22-10-11-3-1-7-21-11)13(23-33(29,30)16-4-2-8-31-16)9-14-17(18)19(26)24-32(14,27)28/h1-6,8-9,23H,7,10H2,(H,22,25)(H,24,26)/b6-5+. The van der Waals surface area contributed by atoms with E-state index >= 15 is 4.39 Å². The topological polar surface area (TPSA) is 151 Å². The van der Waals surface area contributed by atoms with Crippen molar-refractivity contribution < 1.29 is 30.8 Å². The molecular weight excluding hydrogens is 495 g/mol. The lowest BCUT2D eigenvalue weighted by Gasteiger charge is -2.12. The minimum Gasteiger partial charge on any atom is -0.347 e. The summed E-state index contributed by atoms with van der Waals surface area (Å²) >= 11 is 0.894. The normalized spacial score (nSPS) is 16.5. The number of halogens is 1. The number of nitrogens with zero attached hydrogens (tertiary/aromatic N) is 1. The number of amides is 2. The lowest BCUT2D eigenvalue weighted by molar-refractivity contribution is -0.116. The van der Waals surface area contributed by atoms with Crippen molar-refractivity contribution in [2.75, 3.05) is 17.8 Å². The van der Waals surface area contributed by atoms with E-state index in [4.69, 9.17) is 0 Å². The Morgan fingerprint density at radius 1 is 1.36 bits per heavy atom. The molecule has 1 aromatic carbocycles. The maximum absolute atomic E-state index is 15.3. The van der Waals surface area contributed by atoms with Crippen molar-refractivity contribution in [3.8, 4) is 0 Å². The van der Waals surface area contributed by atoms with E-state index in [2.05, 4.69) is 15.0 Å². The second-order valence-corrected chi connectivity index (χ2v) is 11.3. The van der Waals surface area contributed by atoms with Crippen molar-refractivity contribution in [1.29, 1.82) is 0 Å². The Kier molecular flexibility index (Phi) is 5.90. The first-order chi connectivity index (χ1) is 15.6. The van der Waals surface area contributed by atoms with Gasteiger partial charge in [-0.25, -0.2) is 25.9 Å². The van der Waals surface area contributed by atoms with Gasteiger partial charge in [-0.2, -0.15) is 0 Å². The highest BCUT2D eigenvalue weighted by atomic mass is 32.2. The van der Waals surface area contributed by atoms with Gasteiger partial charge in [0.25, 0.3) is 26.0 Å². The Morgan fingerprint density at radius 3 is 2.82 bits per heavy atom. The SMILES string of the molecule is O=C(/C=C/c1c(NS(=O)(=O)c2cccs2)cc2c(c1F)C(=O)NS2(=O)=O)NCC1=NCC=C1. The van der Waals surface area contributed by atoms with E-state index < -0.39 is 59.4 Å². The molecule has 2 aliphatic rings. The molecule has 172 valence electrons. The number of fused-ring (bicyclic) bond motifs is 1. The summed E-state index contributed by atoms with van der Waals surface area (Å²) in [5, 5.41) is 4.05. The van der Waals surface area contributed by atoms with Crippen LogP contribution in [-0.4, -0.2) is 47.5 Å². The molecule has 2 aliphatic heterocycles. The smallest absolute Gasteiger partial charge is 0.271 e. The van der Waals surface area contributed by atoms with E-state index in [1.165, 1.54) is 17.5 Å². The van der Waals surface area contributed by atoms with Gasteiger partial charge >= 0.3 is 0 Å². The average Bonchev–Trinajstić information content (AvgIpc) is 3.48. The van der Waals surface area contributed by atoms with Gasteiger partial charge in [0.15, 0.2) is 0 Å². The summed E-state index contributed by atoms with van der Waals surface area (Å²) in [6.07, 6.45) is 5.44. The lowest BCUT2D eigenvalue weighted by Crippen LogP contribution is -2.26. The van der Waals surface area contributed by atoms with Crippen molar-refractivity contribution in [3.05, 3.63) is 58.8 Å². The predicted octanol–water partition coefficient (Wildman–Crippen LogP) is 1.26. The summed E-state index contributed by atoms with van der Waals surface area (Å²) in [6, 6.07) is 3.64. The van der Waals surface area contributed by atoms with Gasteiger partial charge in [0, 0.05) is 11.6 Å². The number of thiophene rings is 1. The third-order valence-electron chi connectivity index (χ3n) is 4.57. The third kappa shape index (κ3) is 4.58. The molecule has 14 heteroatoms. The van der Waals surface area contributed by atoms with Crippen molar-refractivity contribution >= 4 is 60.7 Å². The van der Waals surface area contributed by atoms with Crippen LogP contribution in [0, 0.1) is 5.82 Å². The van der Waals surface area contributed by atoms with Gasteiger partial charge in [0.1, 0.15) is 14.9 Å². The zero-order valence-electron chi connectivity index (χ0n) is 16.5. The van der Waals surface area contributed by atoms with E-state index in [-0.39, 0.29) is 10.8 Å². The average molecular weight is 511 g/mol. The number of aliphatic imine (C=N–C) groups is 1. The van der Waals surface area contributed by atoms with Gasteiger partial charge in [0.2, 0.25) is 5.91 Å². The number of carbonyl (C=O) groups is 2. The first-order valence-electron chi connectivity index (χ1n) is 9.24. The fourth-order valence-corrected chi connectivity index (χ4v) is 6.32. The highest BCUT2D eigenvalue weighted by Gasteiger charge is 2.38. The Morgan fingerprint density at radius 2 is 2.15 bits per heavy atom. The van der Waals surface area contributed by atoms with Gasteiger partial charge in [0.05, 0.1) is 30.1 Å². The first-order valence-corrected chi connectivity index (χ1v) is 13.1. The molecule has 0 saturated heterocycles. The van der Waals surface area contributed by atoms with Gasteiger partial charge in [-0.15, -0.1) is 11.3 Å². The van der Waals surface area contributed by atoms with Crippen LogP contribution in [0.4, 0.5) is 10.1 Å². The summed E-state index contributed by atoms with van der Waals surface area (Å²) in [5.74, 6) is -3.12. The number of nitrogens with one attached hydrogen (secondary N) is 3. The van der Waals surface area contributed by atoms with Crippen LogP contribution in [0.15, 0.2) is 55.9 Å². The van der Waals surface area contributed by atoms with Gasteiger partial charge in [-0.1, -0.05) is 12.1 Å². The number of benzene rings is 1. The Bertz CT molecular complexity index is 1460. The minimum absolute atomic E-state index is 0.0986. The van der Waals surface area contributed by atoms with Crippen LogP contribution in [0.2, 0.25) is 0 Å². The summed E-state index contributed by atoms with van der Waals surface area (Å²) < 4.78 is 68.6. The molecule has 0 bridgehead atoms. The first kappa shape index (κ1) is 22.8. The van der Waals surface area contributed by atoms with Crippen molar-refractivity contribution in [2.24, 2.45) is 4.99 Å². The minimum atomic E-state index is -4.37. The molecular formula is C19H15FN4O6S3. The van der Waals surface area contributed by atoms with E-state index in [1.807, 2.05) is 6.08 Å². The highest BCUT2D eigenvalue weighted by molar-refractivity contribution is 7.94. The molecule has 0 atom stereocenters. The fourth-order valence-electron chi connectivity index (χ4n) is 3.07. The number of rotatable bonds is 7. The maximum atomic E-state index is 15.3. The molecule has 2 aromatic rings. The molecule has 0 spiro atoms. The van der Waals surface area contributed by atoms with Crippen molar-refractivity contribution in [1.82, 2.24) is 10.0 Å². The molecule has 0 aliphatic carbocycles. The second kappa shape index (κ2) is 8.53. The number of hydrogen-bond donors (Lipinski definition) is 3. The Labute approximate surface area is 192 Å². The summed E-state index contributed by atoms with van der Waals surface area (Å²) in [7, 11) is -8.56. The summed E-state index contributed by atoms with van der Waals surface area (Å²) in [6.45, 7) is 0.644. The van der Waals surface area contributed by atoms with Gasteiger partial charge in [-0.05, 0) is 29.7 Å². The predicted molar refractivity (Wildman–Crippen MR) is 120 cm³/mol. The summed E-state index contributed by atoms with van der Waals surface area (Å²) in [4.78, 5) is 27.6. The molecule has 4 rings (SSSR count). The maximum Gasteiger partial charge on any atom is 0.271 e. The fraction of sp³-hybridized carbons (Fsp3) is 0.105. The molecule has 3 heterocycles. The zero-order valence-corrected chi connectivity index (χ0v) is 19.0. The molecule has 3 N–H and O–H groups in total. The highest BCUT2D eigenvalue weighted by Crippen LogP contribution is 2.34. The molecule has 1 aromatic heterocycles. The van der Waals surface area contributed by atoms with Crippen LogP contribution in [0.25, 0.3) is 6.08 Å². The Hall–Kier alpha value is -3.36. The van der Waals surface area contributed by atoms with E-state index in [9.17, 15) is 26.4 Å². The lowest BCUT2D eigenvalue weighted by atomic mass is 10.1. The van der Waals surface area contributed by atoms with Crippen LogP contribution >= 0.6 is 11.3 Å². The number of sulfonamides is 2. The molecule has 0 saturated carbocycles. The zero-order chi connectivity index (χ0) is 23.8. The van der Waals surface area contributed by atoms with Gasteiger partial charge < -0.3 is 5.32 Å². The van der Waals surface area contributed by atoms with E-state index in [0.29, 0.717) is 12.3 Å². The molecule has 10 nitrogen and oxygen atoms in total. The van der Waals surface area contributed by atoms with Crippen LogP contribution < -0.4 is 14.8 Å². The van der Waals surface area contributed by atoms with Crippen molar-refractivity contribution in [3.63, 3.8) is 0 Å². The summed E-state index contributed by atoms with van der Waals surface area (Å²) in [5.41, 5.74) is -1.05. The van der Waals surface area contributed by atoms with Crippen LogP contribution in [-0.2, 0) is 24.8 Å². The quantitative estimate of drug-likeness (QED) is 0.477. The van der Waals surface area contributed by atoms with Crippen molar-refractivity contribution in [2.45, 2.75) is 9.10 Å². The largest absolute Gasteiger partial charge is 0.347 e. The van der Waals surface area contributed by atoms with E-state index in [0.717, 1.165) is 29.6 Å². The number of carbonyl (C=O) groups excluding carboxylic acids is 2. The van der Waals surface area contributed by atoms with Crippen LogP contribution in [0.3, 0.4) is 0 Å².